The van der Waals surface area contributed by atoms with Gasteiger partial charge in [-0.25, -0.2) is 9.59 Å². The number of aromatic amines is 2. The summed E-state index contributed by atoms with van der Waals surface area (Å²) in [7, 11) is 0. The highest BCUT2D eigenvalue weighted by Gasteiger charge is 2.41. The number of aromatic nitrogens is 4. The van der Waals surface area contributed by atoms with Crippen LogP contribution in [0.2, 0.25) is 0 Å². The van der Waals surface area contributed by atoms with Crippen LogP contribution in [0.25, 0.3) is 43.6 Å². The number of para-hydroxylation sites is 4. The van der Waals surface area contributed by atoms with E-state index in [1.54, 1.807) is 49.1 Å². The number of Topliss-reactive ketones (excluding diaryl/α,β-unsaturated/α-hetero) is 2. The number of benzene rings is 4. The highest BCUT2D eigenvalue weighted by molar-refractivity contribution is 6.46. The van der Waals surface area contributed by atoms with Crippen LogP contribution in [0.4, 0.5) is 0 Å². The number of amides is 4. The van der Waals surface area contributed by atoms with Crippen molar-refractivity contribution in [3.63, 3.8) is 0 Å². The first-order valence-electron chi connectivity index (χ1n) is 24.4. The first kappa shape index (κ1) is 47.9. The van der Waals surface area contributed by atoms with Crippen LogP contribution in [-0.2, 0) is 54.7 Å². The molecule has 6 heterocycles. The number of hydrogen-bond acceptors (Lipinski definition) is 8. The number of fused-ring (bicyclic) bond motifs is 4. The molecule has 18 heteroatoms. The average Bonchev–Trinajstić information content (AvgIpc) is 4.28. The standard InChI is InChI=1S/C55H52N8O10/c64-48(52(68)62-24-9-20-46(62)50(66)58-42(54(70)71)26-32-28-56-40-16-5-1-12-34(32)40)38-30-60(44-18-7-3-14-36(38)44)22-11-23-61-31-39(37-15-4-8-19-45(37)61)49(65)53(69)63-25-10-21-47(63)51(67)59-43(55(72)73)27-33-29-57-41-17-6-2-13-35(33)41/h1-8,12-19,28-31,42-43,46-47,56-57H,9-11,20-27H2,(H,58,66)(H,59,67)(H,70,71)(H,72,73)/t42-,43-,46-,47-/m0/s1. The number of carbonyl (C=O) groups is 8. The molecule has 2 aliphatic heterocycles. The number of aryl methyl sites for hydroxylation is 2. The zero-order valence-corrected chi connectivity index (χ0v) is 39.6. The molecule has 4 aromatic heterocycles. The van der Waals surface area contributed by atoms with Gasteiger partial charge in [-0.1, -0.05) is 72.8 Å². The third-order valence-electron chi connectivity index (χ3n) is 14.3. The van der Waals surface area contributed by atoms with E-state index in [4.69, 9.17) is 0 Å². The third kappa shape index (κ3) is 9.34. The maximum absolute atomic E-state index is 14.1. The van der Waals surface area contributed by atoms with Crippen LogP contribution >= 0.6 is 0 Å². The first-order chi connectivity index (χ1) is 35.4. The zero-order valence-electron chi connectivity index (χ0n) is 39.6. The highest BCUT2D eigenvalue weighted by Crippen LogP contribution is 2.29. The largest absolute Gasteiger partial charge is 0.480 e. The molecule has 18 nitrogen and oxygen atoms in total. The van der Waals surface area contributed by atoms with Crippen LogP contribution in [0, 0.1) is 0 Å². The van der Waals surface area contributed by atoms with Crippen LogP contribution in [0.1, 0.15) is 63.9 Å². The molecule has 0 bridgehead atoms. The molecule has 0 saturated carbocycles. The van der Waals surface area contributed by atoms with Crippen molar-refractivity contribution >= 4 is 90.7 Å². The fourth-order valence-electron chi connectivity index (χ4n) is 10.7. The monoisotopic (exact) mass is 984 g/mol. The summed E-state index contributed by atoms with van der Waals surface area (Å²) in [6.45, 7) is 1.08. The second kappa shape index (κ2) is 20.1. The molecule has 2 fully saturated rings. The van der Waals surface area contributed by atoms with Gasteiger partial charge >= 0.3 is 11.9 Å². The second-order valence-corrected chi connectivity index (χ2v) is 18.8. The van der Waals surface area contributed by atoms with E-state index in [-0.39, 0.29) is 49.9 Å². The SMILES string of the molecule is O=C(C(=O)N1CCC[C@H]1C(=O)N[C@@H](Cc1c[nH]c2ccccc12)C(=O)O)c1cn(CCCn2cc(C(=O)C(=O)N3CCC[C@H]3C(=O)N[C@@H](Cc3c[nH]c4ccccc34)C(=O)O)c3ccccc32)c2ccccc12. The van der Waals surface area contributed by atoms with E-state index in [1.807, 2.05) is 81.9 Å². The predicted octanol–water partition coefficient (Wildman–Crippen LogP) is 5.62. The summed E-state index contributed by atoms with van der Waals surface area (Å²) in [5.41, 5.74) is 4.82. The molecule has 4 atom stereocenters. The maximum atomic E-state index is 14.1. The van der Waals surface area contributed by atoms with E-state index in [2.05, 4.69) is 20.6 Å². The summed E-state index contributed by atoms with van der Waals surface area (Å²) in [5, 5.41) is 28.2. The van der Waals surface area contributed by atoms with Gasteiger partial charge in [0.15, 0.2) is 0 Å². The van der Waals surface area contributed by atoms with Gasteiger partial charge in [-0.2, -0.15) is 0 Å². The van der Waals surface area contributed by atoms with Gasteiger partial charge in [0.25, 0.3) is 23.4 Å². The van der Waals surface area contributed by atoms with E-state index in [0.29, 0.717) is 65.3 Å². The lowest BCUT2D eigenvalue weighted by molar-refractivity contribution is -0.143. The normalized spacial score (nSPS) is 16.5. The Morgan fingerprint density at radius 1 is 0.534 bits per heavy atom. The average molecular weight is 985 g/mol. The molecule has 372 valence electrons. The van der Waals surface area contributed by atoms with Crippen LogP contribution in [0.5, 0.6) is 0 Å². The molecule has 0 radical (unpaired) electrons. The molecule has 0 spiro atoms. The van der Waals surface area contributed by atoms with Crippen molar-refractivity contribution in [2.24, 2.45) is 0 Å². The smallest absolute Gasteiger partial charge is 0.326 e. The van der Waals surface area contributed by atoms with E-state index >= 15 is 0 Å². The number of nitrogens with one attached hydrogen (secondary N) is 4. The van der Waals surface area contributed by atoms with Gasteiger partial charge in [0.2, 0.25) is 11.8 Å². The first-order valence-corrected chi connectivity index (χ1v) is 24.4. The Bertz CT molecular complexity index is 3280. The van der Waals surface area contributed by atoms with Crippen molar-refractivity contribution in [2.75, 3.05) is 13.1 Å². The van der Waals surface area contributed by atoms with Gasteiger partial charge in [-0.15, -0.1) is 0 Å². The van der Waals surface area contributed by atoms with Gasteiger partial charge in [-0.05, 0) is 67.5 Å². The minimum absolute atomic E-state index is 0.0120. The number of carboxylic acid groups (broad SMARTS) is 2. The fourth-order valence-corrected chi connectivity index (χ4v) is 10.7. The summed E-state index contributed by atoms with van der Waals surface area (Å²) in [6.07, 6.45) is 8.63. The summed E-state index contributed by atoms with van der Waals surface area (Å²) in [4.78, 5) is 117. The Morgan fingerprint density at radius 3 is 1.33 bits per heavy atom. The van der Waals surface area contributed by atoms with Crippen molar-refractivity contribution < 1.29 is 48.6 Å². The Labute approximate surface area is 416 Å². The molecule has 2 aliphatic rings. The maximum Gasteiger partial charge on any atom is 0.326 e. The number of H-pyrrole nitrogens is 2. The molecule has 2 saturated heterocycles. The lowest BCUT2D eigenvalue weighted by atomic mass is 10.0. The summed E-state index contributed by atoms with van der Waals surface area (Å²) >= 11 is 0. The highest BCUT2D eigenvalue weighted by atomic mass is 16.4. The zero-order chi connectivity index (χ0) is 50.9. The number of hydrogen-bond donors (Lipinski definition) is 6. The molecule has 0 aliphatic carbocycles. The number of rotatable bonds is 18. The van der Waals surface area contributed by atoms with Gasteiger partial charge in [0, 0.05) is 107 Å². The second-order valence-electron chi connectivity index (χ2n) is 18.8. The van der Waals surface area contributed by atoms with Crippen molar-refractivity contribution in [3.05, 3.63) is 144 Å². The molecule has 73 heavy (non-hydrogen) atoms. The molecule has 8 aromatic rings. The van der Waals surface area contributed by atoms with Crippen molar-refractivity contribution in [1.29, 1.82) is 0 Å². The predicted molar refractivity (Wildman–Crippen MR) is 270 cm³/mol. The van der Waals surface area contributed by atoms with Gasteiger partial charge < -0.3 is 49.7 Å². The number of carboxylic acids is 2. The van der Waals surface area contributed by atoms with E-state index in [0.717, 1.165) is 21.8 Å². The van der Waals surface area contributed by atoms with Crippen LogP contribution in [0.15, 0.2) is 122 Å². The topological polar surface area (TPSA) is 249 Å². The molecule has 4 aromatic carbocycles. The number of ketones is 2. The lowest BCUT2D eigenvalue weighted by Gasteiger charge is -2.25. The molecular formula is C55H52N8O10. The summed E-state index contributed by atoms with van der Waals surface area (Å²) < 4.78 is 3.75. The van der Waals surface area contributed by atoms with Crippen molar-refractivity contribution in [2.45, 2.75) is 82.2 Å². The molecular weight excluding hydrogens is 933 g/mol. The Kier molecular flexibility index (Phi) is 13.2. The van der Waals surface area contributed by atoms with Crippen LogP contribution in [-0.4, -0.2) is 124 Å². The lowest BCUT2D eigenvalue weighted by Crippen LogP contribution is -2.52. The van der Waals surface area contributed by atoms with Crippen LogP contribution in [0.3, 0.4) is 0 Å². The summed E-state index contributed by atoms with van der Waals surface area (Å²) in [5.74, 6) is -7.05. The number of likely N-dealkylation sites (tertiary alicyclic amines) is 2. The molecule has 4 amide bonds. The van der Waals surface area contributed by atoms with Crippen LogP contribution < -0.4 is 10.6 Å². The summed E-state index contributed by atoms with van der Waals surface area (Å²) in [6, 6.07) is 24.6. The Balaban J connectivity index is 0.799. The number of nitrogens with zero attached hydrogens (tertiary/aromatic N) is 4. The Hall–Kier alpha value is -8.80. The molecule has 0 unspecified atom stereocenters. The van der Waals surface area contributed by atoms with E-state index in [9.17, 15) is 48.6 Å². The van der Waals surface area contributed by atoms with Crippen molar-refractivity contribution in [3.8, 4) is 0 Å². The number of carbonyl (C=O) groups excluding carboxylic acids is 6. The quantitative estimate of drug-likeness (QED) is 0.0458. The van der Waals surface area contributed by atoms with E-state index < -0.39 is 71.3 Å². The van der Waals surface area contributed by atoms with Crippen molar-refractivity contribution in [1.82, 2.24) is 39.5 Å². The minimum Gasteiger partial charge on any atom is -0.480 e. The number of aliphatic carboxylic acids is 2. The molecule has 6 N–H and O–H groups in total. The third-order valence-corrected chi connectivity index (χ3v) is 14.3. The molecule has 10 rings (SSSR count). The van der Waals surface area contributed by atoms with E-state index in [1.165, 1.54) is 9.80 Å². The van der Waals surface area contributed by atoms with Gasteiger partial charge in [0.05, 0.1) is 11.1 Å². The van der Waals surface area contributed by atoms with Gasteiger partial charge in [0.1, 0.15) is 24.2 Å². The Morgan fingerprint density at radius 2 is 0.918 bits per heavy atom. The fraction of sp³-hybridized carbons (Fsp3) is 0.273. The minimum atomic E-state index is -1.27. The van der Waals surface area contributed by atoms with Gasteiger partial charge in [-0.3, -0.25) is 28.8 Å².